The van der Waals surface area contributed by atoms with Gasteiger partial charge in [-0.15, -0.1) is 0 Å². The van der Waals surface area contributed by atoms with Gasteiger partial charge in [0.05, 0.1) is 11.4 Å². The lowest BCUT2D eigenvalue weighted by Crippen LogP contribution is -2.42. The van der Waals surface area contributed by atoms with E-state index in [1.165, 1.54) is 5.56 Å². The van der Waals surface area contributed by atoms with Gasteiger partial charge in [-0.2, -0.15) is 0 Å². The van der Waals surface area contributed by atoms with Crippen LogP contribution in [-0.2, 0) is 34.2 Å². The van der Waals surface area contributed by atoms with Crippen LogP contribution in [-0.4, -0.2) is 32.3 Å². The van der Waals surface area contributed by atoms with Crippen LogP contribution in [0.2, 0.25) is 0 Å². The molecule has 0 bridgehead atoms. The monoisotopic (exact) mass is 358 g/mol. The molecule has 0 atom stereocenters. The third-order valence-corrected chi connectivity index (χ3v) is 5.96. The molecule has 2 aromatic rings. The van der Waals surface area contributed by atoms with Crippen LogP contribution in [0.1, 0.15) is 23.6 Å². The standard InChI is InChI=1S/C19H22N2O3S/c1-2-15-7-9-18(10-8-15)25(23,24)20-13-19(22)21-12-11-16-5-3-4-6-17(16)14-21/h3-10,20H,2,11-14H2,1H3. The smallest absolute Gasteiger partial charge is 0.241 e. The first-order valence-corrected chi connectivity index (χ1v) is 9.91. The Labute approximate surface area is 148 Å². The number of carbonyl (C=O) groups is 1. The fourth-order valence-electron chi connectivity index (χ4n) is 2.96. The number of hydrogen-bond donors (Lipinski definition) is 1. The zero-order valence-corrected chi connectivity index (χ0v) is 15.1. The van der Waals surface area contributed by atoms with Crippen LogP contribution < -0.4 is 4.72 Å². The van der Waals surface area contributed by atoms with E-state index in [-0.39, 0.29) is 17.3 Å². The van der Waals surface area contributed by atoms with Crippen molar-refractivity contribution in [2.24, 2.45) is 0 Å². The first-order valence-electron chi connectivity index (χ1n) is 8.43. The van der Waals surface area contributed by atoms with Crippen molar-refractivity contribution in [1.29, 1.82) is 0 Å². The Morgan fingerprint density at radius 2 is 1.76 bits per heavy atom. The van der Waals surface area contributed by atoms with Crippen molar-refractivity contribution in [3.63, 3.8) is 0 Å². The Bertz CT molecular complexity index is 860. The van der Waals surface area contributed by atoms with Crippen molar-refractivity contribution in [2.45, 2.75) is 31.2 Å². The third kappa shape index (κ3) is 4.08. The summed E-state index contributed by atoms with van der Waals surface area (Å²) >= 11 is 0. The predicted molar refractivity (Wildman–Crippen MR) is 96.6 cm³/mol. The van der Waals surface area contributed by atoms with E-state index >= 15 is 0 Å². The number of nitrogens with one attached hydrogen (secondary N) is 1. The predicted octanol–water partition coefficient (Wildman–Crippen LogP) is 2.11. The minimum Gasteiger partial charge on any atom is -0.337 e. The number of carbonyl (C=O) groups excluding carboxylic acids is 1. The van der Waals surface area contributed by atoms with Crippen molar-refractivity contribution in [3.8, 4) is 0 Å². The Morgan fingerprint density at radius 1 is 1.08 bits per heavy atom. The molecular weight excluding hydrogens is 336 g/mol. The summed E-state index contributed by atoms with van der Waals surface area (Å²) in [5.74, 6) is -0.205. The molecule has 1 N–H and O–H groups in total. The largest absolute Gasteiger partial charge is 0.337 e. The number of fused-ring (bicyclic) bond motifs is 1. The van der Waals surface area contributed by atoms with E-state index in [1.807, 2.05) is 25.1 Å². The Morgan fingerprint density at radius 3 is 2.44 bits per heavy atom. The lowest BCUT2D eigenvalue weighted by Gasteiger charge is -2.29. The van der Waals surface area contributed by atoms with Gasteiger partial charge in [-0.3, -0.25) is 4.79 Å². The molecule has 3 rings (SSSR count). The highest BCUT2D eigenvalue weighted by Gasteiger charge is 2.22. The number of aryl methyl sites for hydroxylation is 1. The average molecular weight is 358 g/mol. The van der Waals surface area contributed by atoms with Gasteiger partial charge in [0, 0.05) is 13.1 Å². The van der Waals surface area contributed by atoms with Crippen molar-refractivity contribution in [2.75, 3.05) is 13.1 Å². The van der Waals surface area contributed by atoms with E-state index in [2.05, 4.69) is 10.8 Å². The summed E-state index contributed by atoms with van der Waals surface area (Å²) in [6.07, 6.45) is 1.65. The molecule has 1 heterocycles. The Kier molecular flexibility index (Phi) is 5.20. The maximum absolute atomic E-state index is 12.4. The molecule has 0 fully saturated rings. The van der Waals surface area contributed by atoms with Gasteiger partial charge in [-0.25, -0.2) is 13.1 Å². The summed E-state index contributed by atoms with van der Waals surface area (Å²) in [6, 6.07) is 14.7. The maximum Gasteiger partial charge on any atom is 0.241 e. The minimum absolute atomic E-state index is 0.182. The van der Waals surface area contributed by atoms with Crippen LogP contribution in [0.25, 0.3) is 0 Å². The Balaban J connectivity index is 1.62. The lowest BCUT2D eigenvalue weighted by atomic mass is 10.00. The topological polar surface area (TPSA) is 66.5 Å². The van der Waals surface area contributed by atoms with Gasteiger partial charge in [-0.05, 0) is 41.7 Å². The van der Waals surface area contributed by atoms with E-state index in [0.29, 0.717) is 13.1 Å². The molecule has 0 aromatic heterocycles. The minimum atomic E-state index is -3.68. The van der Waals surface area contributed by atoms with Crippen LogP contribution in [0.15, 0.2) is 53.4 Å². The number of rotatable bonds is 5. The molecule has 1 aliphatic rings. The van der Waals surface area contributed by atoms with Gasteiger partial charge in [0.2, 0.25) is 15.9 Å². The molecule has 0 radical (unpaired) electrons. The normalized spacial score (nSPS) is 14.2. The van der Waals surface area contributed by atoms with Crippen LogP contribution in [0.4, 0.5) is 0 Å². The molecule has 132 valence electrons. The second kappa shape index (κ2) is 7.37. The molecule has 25 heavy (non-hydrogen) atoms. The molecule has 2 aromatic carbocycles. The average Bonchev–Trinajstić information content (AvgIpc) is 2.65. The molecule has 1 aliphatic heterocycles. The molecule has 5 nitrogen and oxygen atoms in total. The molecule has 0 aliphatic carbocycles. The van der Waals surface area contributed by atoms with Crippen molar-refractivity contribution in [3.05, 3.63) is 65.2 Å². The van der Waals surface area contributed by atoms with Gasteiger partial charge >= 0.3 is 0 Å². The second-order valence-electron chi connectivity index (χ2n) is 6.16. The van der Waals surface area contributed by atoms with Gasteiger partial charge in [0.1, 0.15) is 0 Å². The van der Waals surface area contributed by atoms with Gasteiger partial charge < -0.3 is 4.90 Å². The first-order chi connectivity index (χ1) is 12.0. The van der Waals surface area contributed by atoms with Gasteiger partial charge in [0.15, 0.2) is 0 Å². The van der Waals surface area contributed by atoms with Gasteiger partial charge in [-0.1, -0.05) is 43.3 Å². The lowest BCUT2D eigenvalue weighted by molar-refractivity contribution is -0.130. The molecule has 0 spiro atoms. The van der Waals surface area contributed by atoms with Crippen LogP contribution in [0.5, 0.6) is 0 Å². The molecular formula is C19H22N2O3S. The second-order valence-corrected chi connectivity index (χ2v) is 7.92. The molecule has 6 heteroatoms. The first kappa shape index (κ1) is 17.6. The molecule has 0 saturated heterocycles. The van der Waals surface area contributed by atoms with Gasteiger partial charge in [0.25, 0.3) is 0 Å². The summed E-state index contributed by atoms with van der Waals surface area (Å²) in [5, 5.41) is 0. The molecule has 1 amide bonds. The van der Waals surface area contributed by atoms with Crippen molar-refractivity contribution < 1.29 is 13.2 Å². The third-order valence-electron chi connectivity index (χ3n) is 4.54. The van der Waals surface area contributed by atoms with Crippen molar-refractivity contribution in [1.82, 2.24) is 9.62 Å². The Hall–Kier alpha value is -2.18. The highest BCUT2D eigenvalue weighted by atomic mass is 32.2. The fourth-order valence-corrected chi connectivity index (χ4v) is 3.94. The van der Waals surface area contributed by atoms with Crippen LogP contribution in [0, 0.1) is 0 Å². The van der Waals surface area contributed by atoms with Crippen LogP contribution >= 0.6 is 0 Å². The summed E-state index contributed by atoms with van der Waals surface area (Å²) in [4.78, 5) is 14.3. The zero-order valence-electron chi connectivity index (χ0n) is 14.2. The summed E-state index contributed by atoms with van der Waals surface area (Å²) in [7, 11) is -3.68. The highest BCUT2D eigenvalue weighted by Crippen LogP contribution is 2.18. The number of amides is 1. The fraction of sp³-hybridized carbons (Fsp3) is 0.316. The summed E-state index contributed by atoms with van der Waals surface area (Å²) in [5.41, 5.74) is 3.45. The van der Waals surface area contributed by atoms with E-state index in [0.717, 1.165) is 24.0 Å². The van der Waals surface area contributed by atoms with E-state index in [1.54, 1.807) is 29.2 Å². The highest BCUT2D eigenvalue weighted by molar-refractivity contribution is 7.89. The number of sulfonamides is 1. The summed E-state index contributed by atoms with van der Waals surface area (Å²) < 4.78 is 27.1. The molecule has 0 unspecified atom stereocenters. The summed E-state index contributed by atoms with van der Waals surface area (Å²) in [6.45, 7) is 2.93. The van der Waals surface area contributed by atoms with E-state index in [9.17, 15) is 13.2 Å². The number of nitrogens with zero attached hydrogens (tertiary/aromatic N) is 1. The maximum atomic E-state index is 12.4. The number of hydrogen-bond acceptors (Lipinski definition) is 3. The van der Waals surface area contributed by atoms with Crippen molar-refractivity contribution >= 4 is 15.9 Å². The molecule has 0 saturated carbocycles. The SMILES string of the molecule is CCc1ccc(S(=O)(=O)NCC(=O)N2CCc3ccccc3C2)cc1. The number of benzene rings is 2. The van der Waals surface area contributed by atoms with E-state index < -0.39 is 10.0 Å². The van der Waals surface area contributed by atoms with Crippen LogP contribution in [0.3, 0.4) is 0 Å². The van der Waals surface area contributed by atoms with E-state index in [4.69, 9.17) is 0 Å². The quantitative estimate of drug-likeness (QED) is 0.890. The zero-order chi connectivity index (χ0) is 17.9.